The summed E-state index contributed by atoms with van der Waals surface area (Å²) in [5, 5.41) is 3.53. The van der Waals surface area contributed by atoms with Gasteiger partial charge < -0.3 is 14.8 Å². The molecule has 1 spiro atoms. The highest BCUT2D eigenvalue weighted by Gasteiger charge is 2.43. The highest BCUT2D eigenvalue weighted by molar-refractivity contribution is 4.97. The van der Waals surface area contributed by atoms with E-state index in [1.165, 1.54) is 5.57 Å². The van der Waals surface area contributed by atoms with Gasteiger partial charge in [0, 0.05) is 25.4 Å². The predicted molar refractivity (Wildman–Crippen MR) is 59.7 cm³/mol. The Morgan fingerprint density at radius 1 is 1.40 bits per heavy atom. The van der Waals surface area contributed by atoms with Gasteiger partial charge in [-0.2, -0.15) is 0 Å². The summed E-state index contributed by atoms with van der Waals surface area (Å²) in [7, 11) is 0. The third kappa shape index (κ3) is 2.80. The second-order valence-electron chi connectivity index (χ2n) is 4.74. The summed E-state index contributed by atoms with van der Waals surface area (Å²) in [5.74, 6) is -0.233. The van der Waals surface area contributed by atoms with Crippen LogP contribution in [0.1, 0.15) is 33.1 Å². The number of hydrogen-bond acceptors (Lipinski definition) is 3. The molecule has 2 aliphatic rings. The molecule has 3 heteroatoms. The minimum absolute atomic E-state index is 0.233. The first-order valence-corrected chi connectivity index (χ1v) is 5.85. The van der Waals surface area contributed by atoms with E-state index in [0.717, 1.165) is 39.0 Å². The smallest absolute Gasteiger partial charge is 0.170 e. The maximum Gasteiger partial charge on any atom is 0.170 e. The second kappa shape index (κ2) is 4.64. The maximum atomic E-state index is 5.68. The SMILES string of the molecule is CC(C)=CCNC1CCC2(C1)OCCO2. The summed E-state index contributed by atoms with van der Waals surface area (Å²) in [6.07, 6.45) is 5.43. The standard InChI is InChI=1S/C12H21NO2/c1-10(2)4-6-13-11-3-5-12(9-11)14-7-8-15-12/h4,11,13H,3,5-9H2,1-2H3. The van der Waals surface area contributed by atoms with E-state index in [1.807, 2.05) is 0 Å². The molecule has 2 fully saturated rings. The number of nitrogens with one attached hydrogen (secondary N) is 1. The molecule has 15 heavy (non-hydrogen) atoms. The fraction of sp³-hybridized carbons (Fsp3) is 0.833. The van der Waals surface area contributed by atoms with Crippen molar-refractivity contribution in [1.82, 2.24) is 5.32 Å². The molecule has 1 heterocycles. The Kier molecular flexibility index (Phi) is 3.44. The molecule has 1 aliphatic heterocycles. The molecule has 0 aromatic rings. The lowest BCUT2D eigenvalue weighted by Gasteiger charge is -2.21. The molecule has 0 aromatic heterocycles. The summed E-state index contributed by atoms with van der Waals surface area (Å²) < 4.78 is 11.4. The summed E-state index contributed by atoms with van der Waals surface area (Å²) >= 11 is 0. The molecule has 0 bridgehead atoms. The lowest BCUT2D eigenvalue weighted by Crippen LogP contribution is -2.32. The minimum atomic E-state index is -0.233. The molecule has 1 saturated heterocycles. The highest BCUT2D eigenvalue weighted by atomic mass is 16.7. The normalized spacial score (nSPS) is 28.5. The Bertz CT molecular complexity index is 240. The van der Waals surface area contributed by atoms with Gasteiger partial charge in [-0.1, -0.05) is 11.6 Å². The van der Waals surface area contributed by atoms with E-state index in [1.54, 1.807) is 0 Å². The molecule has 0 radical (unpaired) electrons. The zero-order valence-electron chi connectivity index (χ0n) is 9.71. The van der Waals surface area contributed by atoms with Crippen LogP contribution < -0.4 is 5.32 Å². The van der Waals surface area contributed by atoms with Crippen LogP contribution in [0.15, 0.2) is 11.6 Å². The zero-order valence-corrected chi connectivity index (χ0v) is 9.71. The van der Waals surface area contributed by atoms with Crippen molar-refractivity contribution in [3.63, 3.8) is 0 Å². The lowest BCUT2D eigenvalue weighted by molar-refractivity contribution is -0.151. The lowest BCUT2D eigenvalue weighted by atomic mass is 10.2. The monoisotopic (exact) mass is 211 g/mol. The number of rotatable bonds is 3. The number of ether oxygens (including phenoxy) is 2. The zero-order chi connectivity index (χ0) is 10.7. The molecular formula is C12H21NO2. The van der Waals surface area contributed by atoms with E-state index in [4.69, 9.17) is 9.47 Å². The van der Waals surface area contributed by atoms with Crippen LogP contribution in [0.3, 0.4) is 0 Å². The predicted octanol–water partition coefficient (Wildman–Crippen LogP) is 1.84. The van der Waals surface area contributed by atoms with Crippen LogP contribution in [-0.4, -0.2) is 31.6 Å². The summed E-state index contributed by atoms with van der Waals surface area (Å²) in [4.78, 5) is 0. The molecule has 1 atom stereocenters. The number of allylic oxidation sites excluding steroid dienone is 1. The molecule has 1 saturated carbocycles. The van der Waals surface area contributed by atoms with Crippen molar-refractivity contribution >= 4 is 0 Å². The summed E-state index contributed by atoms with van der Waals surface area (Å²) in [5.41, 5.74) is 1.36. The molecule has 0 amide bonds. The van der Waals surface area contributed by atoms with Gasteiger partial charge in [0.25, 0.3) is 0 Å². The van der Waals surface area contributed by atoms with Gasteiger partial charge >= 0.3 is 0 Å². The first-order chi connectivity index (χ1) is 7.20. The van der Waals surface area contributed by atoms with Gasteiger partial charge in [-0.25, -0.2) is 0 Å². The van der Waals surface area contributed by atoms with Crippen molar-refractivity contribution in [2.24, 2.45) is 0 Å². The largest absolute Gasteiger partial charge is 0.347 e. The van der Waals surface area contributed by atoms with Gasteiger partial charge in [0.05, 0.1) is 13.2 Å². The van der Waals surface area contributed by atoms with E-state index < -0.39 is 0 Å². The maximum absolute atomic E-state index is 5.68. The van der Waals surface area contributed by atoms with Crippen LogP contribution in [0.2, 0.25) is 0 Å². The molecule has 2 rings (SSSR count). The van der Waals surface area contributed by atoms with E-state index in [-0.39, 0.29) is 5.79 Å². The Balaban J connectivity index is 1.75. The molecule has 3 nitrogen and oxygen atoms in total. The minimum Gasteiger partial charge on any atom is -0.347 e. The van der Waals surface area contributed by atoms with Gasteiger partial charge in [-0.15, -0.1) is 0 Å². The summed E-state index contributed by atoms with van der Waals surface area (Å²) in [6, 6.07) is 0.554. The number of hydrogen-bond donors (Lipinski definition) is 1. The summed E-state index contributed by atoms with van der Waals surface area (Å²) in [6.45, 7) is 6.74. The quantitative estimate of drug-likeness (QED) is 0.723. The average molecular weight is 211 g/mol. The Morgan fingerprint density at radius 2 is 2.13 bits per heavy atom. The van der Waals surface area contributed by atoms with Crippen LogP contribution in [-0.2, 0) is 9.47 Å². The van der Waals surface area contributed by atoms with E-state index in [0.29, 0.717) is 6.04 Å². The van der Waals surface area contributed by atoms with Crippen LogP contribution in [0.5, 0.6) is 0 Å². The van der Waals surface area contributed by atoms with Gasteiger partial charge in [0.1, 0.15) is 0 Å². The van der Waals surface area contributed by atoms with Crippen LogP contribution >= 0.6 is 0 Å². The van der Waals surface area contributed by atoms with Gasteiger partial charge in [0.15, 0.2) is 5.79 Å². The fourth-order valence-corrected chi connectivity index (χ4v) is 2.34. The van der Waals surface area contributed by atoms with E-state index in [9.17, 15) is 0 Å². The third-order valence-corrected chi connectivity index (χ3v) is 3.16. The van der Waals surface area contributed by atoms with Crippen LogP contribution in [0.4, 0.5) is 0 Å². The van der Waals surface area contributed by atoms with E-state index in [2.05, 4.69) is 25.2 Å². The van der Waals surface area contributed by atoms with Crippen LogP contribution in [0.25, 0.3) is 0 Å². The molecule has 1 unspecified atom stereocenters. The van der Waals surface area contributed by atoms with Crippen molar-refractivity contribution < 1.29 is 9.47 Å². The molecule has 0 aromatic carbocycles. The van der Waals surface area contributed by atoms with Gasteiger partial charge in [0.2, 0.25) is 0 Å². The molecule has 1 aliphatic carbocycles. The van der Waals surface area contributed by atoms with Crippen molar-refractivity contribution in [2.45, 2.75) is 44.9 Å². The third-order valence-electron chi connectivity index (χ3n) is 3.16. The van der Waals surface area contributed by atoms with Gasteiger partial charge in [-0.05, 0) is 20.3 Å². The van der Waals surface area contributed by atoms with Crippen LogP contribution in [0, 0.1) is 0 Å². The second-order valence-corrected chi connectivity index (χ2v) is 4.74. The molecule has 1 N–H and O–H groups in total. The highest BCUT2D eigenvalue weighted by Crippen LogP contribution is 2.37. The Hall–Kier alpha value is -0.380. The fourth-order valence-electron chi connectivity index (χ4n) is 2.34. The van der Waals surface area contributed by atoms with Crippen molar-refractivity contribution in [1.29, 1.82) is 0 Å². The Labute approximate surface area is 91.8 Å². The average Bonchev–Trinajstić information content (AvgIpc) is 2.78. The van der Waals surface area contributed by atoms with Crippen molar-refractivity contribution in [3.05, 3.63) is 11.6 Å². The first-order valence-electron chi connectivity index (χ1n) is 5.85. The van der Waals surface area contributed by atoms with Gasteiger partial charge in [-0.3, -0.25) is 0 Å². The topological polar surface area (TPSA) is 30.5 Å². The van der Waals surface area contributed by atoms with E-state index >= 15 is 0 Å². The Morgan fingerprint density at radius 3 is 2.80 bits per heavy atom. The van der Waals surface area contributed by atoms with Crippen molar-refractivity contribution in [3.8, 4) is 0 Å². The first kappa shape index (κ1) is 11.1. The van der Waals surface area contributed by atoms with Crippen molar-refractivity contribution in [2.75, 3.05) is 19.8 Å². The molecular weight excluding hydrogens is 190 g/mol. The molecule has 86 valence electrons.